The van der Waals surface area contributed by atoms with E-state index < -0.39 is 4.92 Å². The van der Waals surface area contributed by atoms with E-state index in [1.54, 1.807) is 12.1 Å². The first-order valence-corrected chi connectivity index (χ1v) is 6.33. The van der Waals surface area contributed by atoms with Crippen molar-refractivity contribution in [3.8, 4) is 5.75 Å². The minimum Gasteiger partial charge on any atom is -0.494 e. The summed E-state index contributed by atoms with van der Waals surface area (Å²) in [5.41, 5.74) is 0.0961. The van der Waals surface area contributed by atoms with Crippen molar-refractivity contribution in [3.63, 3.8) is 0 Å². The summed E-state index contributed by atoms with van der Waals surface area (Å²) in [6, 6.07) is 6.24. The second kappa shape index (κ2) is 7.96. The molecule has 106 valence electrons. The van der Waals surface area contributed by atoms with Crippen LogP contribution in [0.4, 0.5) is 5.69 Å². The fraction of sp³-hybridized carbons (Fsp3) is 0.538. The number of nitrogens with zero attached hydrogens (tertiary/aromatic N) is 1. The fourth-order valence-corrected chi connectivity index (χ4v) is 2.18. The van der Waals surface area contributed by atoms with Gasteiger partial charge in [-0.15, -0.1) is 12.4 Å². The maximum absolute atomic E-state index is 10.5. The molecule has 1 aliphatic heterocycles. The Bertz CT molecular complexity index is 391. The van der Waals surface area contributed by atoms with Crippen LogP contribution < -0.4 is 10.1 Å². The van der Waals surface area contributed by atoms with Gasteiger partial charge in [0.25, 0.3) is 5.69 Å². The minimum absolute atomic E-state index is 0. The number of non-ortho nitro benzene ring substituents is 1. The third-order valence-corrected chi connectivity index (χ3v) is 3.24. The average Bonchev–Trinajstić information content (AvgIpc) is 2.40. The highest BCUT2D eigenvalue weighted by Crippen LogP contribution is 2.19. The van der Waals surface area contributed by atoms with E-state index in [1.165, 1.54) is 25.0 Å². The van der Waals surface area contributed by atoms with Crippen molar-refractivity contribution in [2.75, 3.05) is 19.7 Å². The summed E-state index contributed by atoms with van der Waals surface area (Å²) in [5, 5.41) is 13.9. The molecular formula is C13H19ClN2O3. The first-order valence-electron chi connectivity index (χ1n) is 6.33. The highest BCUT2D eigenvalue weighted by atomic mass is 35.5. The number of piperidine rings is 1. The van der Waals surface area contributed by atoms with E-state index in [4.69, 9.17) is 4.74 Å². The smallest absolute Gasteiger partial charge is 0.269 e. The third-order valence-electron chi connectivity index (χ3n) is 3.24. The molecule has 2 rings (SSSR count). The number of benzene rings is 1. The largest absolute Gasteiger partial charge is 0.494 e. The maximum atomic E-state index is 10.5. The van der Waals surface area contributed by atoms with Crippen molar-refractivity contribution in [2.45, 2.75) is 19.3 Å². The lowest BCUT2D eigenvalue weighted by molar-refractivity contribution is -0.384. The summed E-state index contributed by atoms with van der Waals surface area (Å²) < 4.78 is 5.59. The van der Waals surface area contributed by atoms with Crippen LogP contribution in [0.25, 0.3) is 0 Å². The molecule has 1 aromatic rings. The summed E-state index contributed by atoms with van der Waals surface area (Å²) in [6.45, 7) is 2.87. The van der Waals surface area contributed by atoms with Crippen LogP contribution >= 0.6 is 12.4 Å². The molecule has 0 saturated carbocycles. The number of rotatable bonds is 5. The number of halogens is 1. The zero-order valence-corrected chi connectivity index (χ0v) is 11.5. The molecule has 0 spiro atoms. The maximum Gasteiger partial charge on any atom is 0.269 e. The zero-order valence-electron chi connectivity index (χ0n) is 10.7. The molecule has 1 aliphatic rings. The molecule has 1 heterocycles. The molecule has 1 fully saturated rings. The van der Waals surface area contributed by atoms with Gasteiger partial charge >= 0.3 is 0 Å². The molecule has 5 nitrogen and oxygen atoms in total. The van der Waals surface area contributed by atoms with Crippen molar-refractivity contribution in [1.29, 1.82) is 0 Å². The quantitative estimate of drug-likeness (QED) is 0.668. The second-order valence-corrected chi connectivity index (χ2v) is 4.60. The lowest BCUT2D eigenvalue weighted by atomic mass is 9.97. The summed E-state index contributed by atoms with van der Waals surface area (Å²) in [7, 11) is 0. The van der Waals surface area contributed by atoms with Gasteiger partial charge in [0.05, 0.1) is 11.5 Å². The van der Waals surface area contributed by atoms with E-state index in [1.807, 2.05) is 0 Å². The van der Waals surface area contributed by atoms with Crippen molar-refractivity contribution < 1.29 is 9.66 Å². The molecular weight excluding hydrogens is 268 g/mol. The van der Waals surface area contributed by atoms with E-state index in [2.05, 4.69) is 5.32 Å². The van der Waals surface area contributed by atoms with Crippen molar-refractivity contribution in [2.24, 2.45) is 5.92 Å². The van der Waals surface area contributed by atoms with Crippen LogP contribution in [0, 0.1) is 16.0 Å². The molecule has 0 aromatic heterocycles. The van der Waals surface area contributed by atoms with Gasteiger partial charge in [0.2, 0.25) is 0 Å². The van der Waals surface area contributed by atoms with E-state index in [-0.39, 0.29) is 18.1 Å². The van der Waals surface area contributed by atoms with Gasteiger partial charge in [0, 0.05) is 12.1 Å². The molecule has 1 aromatic carbocycles. The Labute approximate surface area is 118 Å². The van der Waals surface area contributed by atoms with Crippen molar-refractivity contribution in [3.05, 3.63) is 34.4 Å². The highest BCUT2D eigenvalue weighted by Gasteiger charge is 2.12. The zero-order chi connectivity index (χ0) is 12.8. The molecule has 0 amide bonds. The third kappa shape index (κ3) is 5.04. The number of nitrogens with one attached hydrogen (secondary N) is 1. The Morgan fingerprint density at radius 3 is 2.68 bits per heavy atom. The molecule has 0 radical (unpaired) electrons. The molecule has 1 unspecified atom stereocenters. The van der Waals surface area contributed by atoms with Gasteiger partial charge in [-0.1, -0.05) is 0 Å². The van der Waals surface area contributed by atoms with Crippen LogP contribution in [0.1, 0.15) is 19.3 Å². The SMILES string of the molecule is Cl.O=[N+]([O-])c1ccc(OCCC2CCCNC2)cc1. The Balaban J connectivity index is 0.00000180. The topological polar surface area (TPSA) is 64.4 Å². The van der Waals surface area contributed by atoms with E-state index in [0.29, 0.717) is 18.3 Å². The summed E-state index contributed by atoms with van der Waals surface area (Å²) >= 11 is 0. The molecule has 1 saturated heterocycles. The standard InChI is InChI=1S/C13H18N2O3.ClH/c16-15(17)12-3-5-13(6-4-12)18-9-7-11-2-1-8-14-10-11;/h3-6,11,14H,1-2,7-10H2;1H. The minimum atomic E-state index is -0.405. The normalized spacial score (nSPS) is 18.4. The van der Waals surface area contributed by atoms with Crippen LogP contribution in [0.15, 0.2) is 24.3 Å². The molecule has 1 atom stereocenters. The lowest BCUT2D eigenvalue weighted by Gasteiger charge is -2.22. The van der Waals surface area contributed by atoms with Crippen LogP contribution in [-0.4, -0.2) is 24.6 Å². The van der Waals surface area contributed by atoms with Gasteiger partial charge in [-0.25, -0.2) is 0 Å². The van der Waals surface area contributed by atoms with Gasteiger partial charge in [-0.05, 0) is 50.4 Å². The fourth-order valence-electron chi connectivity index (χ4n) is 2.18. The lowest BCUT2D eigenvalue weighted by Crippen LogP contribution is -2.30. The number of hydrogen-bond donors (Lipinski definition) is 1. The number of nitro benzene ring substituents is 1. The Kier molecular flexibility index (Phi) is 6.59. The van der Waals surface area contributed by atoms with Gasteiger partial charge in [0.15, 0.2) is 0 Å². The van der Waals surface area contributed by atoms with Gasteiger partial charge in [-0.2, -0.15) is 0 Å². The second-order valence-electron chi connectivity index (χ2n) is 4.60. The van der Waals surface area contributed by atoms with Crippen LogP contribution in [0.5, 0.6) is 5.75 Å². The number of hydrogen-bond acceptors (Lipinski definition) is 4. The first-order chi connectivity index (χ1) is 8.75. The molecule has 0 bridgehead atoms. The van der Waals surface area contributed by atoms with Gasteiger partial charge in [0.1, 0.15) is 5.75 Å². The number of ether oxygens (including phenoxy) is 1. The Morgan fingerprint density at radius 2 is 2.11 bits per heavy atom. The van der Waals surface area contributed by atoms with Crippen LogP contribution in [0.3, 0.4) is 0 Å². The summed E-state index contributed by atoms with van der Waals surface area (Å²) in [4.78, 5) is 10.1. The highest BCUT2D eigenvalue weighted by molar-refractivity contribution is 5.85. The molecule has 19 heavy (non-hydrogen) atoms. The van der Waals surface area contributed by atoms with Gasteiger partial charge in [-0.3, -0.25) is 10.1 Å². The van der Waals surface area contributed by atoms with E-state index in [0.717, 1.165) is 19.5 Å². The molecule has 1 N–H and O–H groups in total. The predicted octanol–water partition coefficient (Wildman–Crippen LogP) is 2.79. The average molecular weight is 287 g/mol. The summed E-state index contributed by atoms with van der Waals surface area (Å²) in [6.07, 6.45) is 3.53. The molecule has 0 aliphatic carbocycles. The molecule has 6 heteroatoms. The van der Waals surface area contributed by atoms with Crippen molar-refractivity contribution in [1.82, 2.24) is 5.32 Å². The summed E-state index contributed by atoms with van der Waals surface area (Å²) in [5.74, 6) is 1.39. The first kappa shape index (κ1) is 15.7. The Morgan fingerprint density at radius 1 is 1.37 bits per heavy atom. The number of nitro groups is 1. The van der Waals surface area contributed by atoms with E-state index >= 15 is 0 Å². The monoisotopic (exact) mass is 286 g/mol. The predicted molar refractivity (Wildman–Crippen MR) is 76.1 cm³/mol. The van der Waals surface area contributed by atoms with Crippen LogP contribution in [0.2, 0.25) is 0 Å². The van der Waals surface area contributed by atoms with E-state index in [9.17, 15) is 10.1 Å². The Hall–Kier alpha value is -1.33. The van der Waals surface area contributed by atoms with Crippen LogP contribution in [-0.2, 0) is 0 Å². The van der Waals surface area contributed by atoms with Gasteiger partial charge < -0.3 is 10.1 Å². The van der Waals surface area contributed by atoms with Crippen molar-refractivity contribution >= 4 is 18.1 Å².